The molecule has 0 radical (unpaired) electrons. The van der Waals surface area contributed by atoms with E-state index in [1.165, 1.54) is 23.0 Å². The largest absolute Gasteiger partial charge is 0.383 e. The third-order valence-corrected chi connectivity index (χ3v) is 3.85. The topological polar surface area (TPSA) is 69.6 Å². The molecule has 23 heavy (non-hydrogen) atoms. The average molecular weight is 309 g/mol. The SMILES string of the molecule is Cc1cc(C)cc(Cc2nn(C(C)(C)C)c3ncnc(N)c23)c1. The van der Waals surface area contributed by atoms with Crippen molar-refractivity contribution in [2.75, 3.05) is 5.73 Å². The Kier molecular flexibility index (Phi) is 3.59. The van der Waals surface area contributed by atoms with Crippen molar-refractivity contribution in [3.63, 3.8) is 0 Å². The number of anilines is 1. The van der Waals surface area contributed by atoms with Gasteiger partial charge in [-0.25, -0.2) is 14.6 Å². The molecule has 0 amide bonds. The van der Waals surface area contributed by atoms with Gasteiger partial charge in [-0.05, 0) is 40.2 Å². The molecule has 120 valence electrons. The number of rotatable bonds is 2. The van der Waals surface area contributed by atoms with Crippen LogP contribution in [0.5, 0.6) is 0 Å². The summed E-state index contributed by atoms with van der Waals surface area (Å²) in [6.07, 6.45) is 2.22. The minimum atomic E-state index is -0.167. The predicted octanol–water partition coefficient (Wildman–Crippen LogP) is 3.37. The van der Waals surface area contributed by atoms with E-state index in [0.717, 1.165) is 23.1 Å². The fourth-order valence-electron chi connectivity index (χ4n) is 3.00. The van der Waals surface area contributed by atoms with Gasteiger partial charge in [-0.15, -0.1) is 0 Å². The van der Waals surface area contributed by atoms with Gasteiger partial charge in [0, 0.05) is 6.42 Å². The van der Waals surface area contributed by atoms with Crippen LogP contribution >= 0.6 is 0 Å². The first-order chi connectivity index (χ1) is 10.8. The summed E-state index contributed by atoms with van der Waals surface area (Å²) >= 11 is 0. The Hall–Kier alpha value is -2.43. The Labute approximate surface area is 136 Å². The van der Waals surface area contributed by atoms with Crippen molar-refractivity contribution in [3.8, 4) is 0 Å². The first kappa shape index (κ1) is 15.5. The van der Waals surface area contributed by atoms with Crippen LogP contribution in [0, 0.1) is 13.8 Å². The Morgan fingerprint density at radius 2 is 1.70 bits per heavy atom. The Morgan fingerprint density at radius 1 is 1.04 bits per heavy atom. The summed E-state index contributed by atoms with van der Waals surface area (Å²) in [5, 5.41) is 5.67. The van der Waals surface area contributed by atoms with Crippen molar-refractivity contribution in [2.45, 2.75) is 46.6 Å². The summed E-state index contributed by atoms with van der Waals surface area (Å²) in [6, 6.07) is 6.55. The molecule has 0 fully saturated rings. The smallest absolute Gasteiger partial charge is 0.164 e. The van der Waals surface area contributed by atoms with Crippen LogP contribution in [0.15, 0.2) is 24.5 Å². The van der Waals surface area contributed by atoms with Crippen LogP contribution in [0.2, 0.25) is 0 Å². The molecule has 3 aromatic rings. The van der Waals surface area contributed by atoms with E-state index >= 15 is 0 Å². The highest BCUT2D eigenvalue weighted by atomic mass is 15.3. The zero-order valence-corrected chi connectivity index (χ0v) is 14.4. The lowest BCUT2D eigenvalue weighted by molar-refractivity contribution is 0.363. The molecular formula is C18H23N5. The molecule has 3 rings (SSSR count). The standard InChI is InChI=1S/C18H23N5/c1-11-6-12(2)8-13(7-11)9-14-15-16(19)20-10-21-17(15)23(22-14)18(3,4)5/h6-8,10H,9H2,1-5H3,(H2,19,20,21). The number of fused-ring (bicyclic) bond motifs is 1. The van der Waals surface area contributed by atoms with Gasteiger partial charge >= 0.3 is 0 Å². The highest BCUT2D eigenvalue weighted by molar-refractivity contribution is 5.88. The molecule has 0 unspecified atom stereocenters. The fraction of sp³-hybridized carbons (Fsp3) is 0.389. The zero-order chi connectivity index (χ0) is 16.8. The quantitative estimate of drug-likeness (QED) is 0.788. The summed E-state index contributed by atoms with van der Waals surface area (Å²) in [6.45, 7) is 10.6. The van der Waals surface area contributed by atoms with E-state index in [9.17, 15) is 0 Å². The van der Waals surface area contributed by atoms with Crippen LogP contribution in [0.1, 0.15) is 43.2 Å². The summed E-state index contributed by atoms with van der Waals surface area (Å²) in [5.41, 5.74) is 11.4. The number of aromatic nitrogens is 4. The third-order valence-electron chi connectivity index (χ3n) is 3.85. The zero-order valence-electron chi connectivity index (χ0n) is 14.4. The summed E-state index contributed by atoms with van der Waals surface area (Å²) < 4.78 is 1.94. The minimum Gasteiger partial charge on any atom is -0.383 e. The Morgan fingerprint density at radius 3 is 2.30 bits per heavy atom. The lowest BCUT2D eigenvalue weighted by atomic mass is 10.0. The molecule has 2 heterocycles. The average Bonchev–Trinajstić information content (AvgIpc) is 2.77. The molecule has 5 nitrogen and oxygen atoms in total. The van der Waals surface area contributed by atoms with Crippen LogP contribution in [0.25, 0.3) is 11.0 Å². The molecule has 0 atom stereocenters. The van der Waals surface area contributed by atoms with Gasteiger partial charge in [0.15, 0.2) is 5.65 Å². The molecule has 0 aliphatic rings. The van der Waals surface area contributed by atoms with Gasteiger partial charge < -0.3 is 5.73 Å². The molecule has 0 spiro atoms. The maximum absolute atomic E-state index is 6.12. The fourth-order valence-corrected chi connectivity index (χ4v) is 3.00. The van der Waals surface area contributed by atoms with Gasteiger partial charge in [0.25, 0.3) is 0 Å². The Bertz CT molecular complexity index is 851. The number of hydrogen-bond acceptors (Lipinski definition) is 4. The molecule has 0 saturated heterocycles. The minimum absolute atomic E-state index is 0.167. The van der Waals surface area contributed by atoms with Crippen LogP contribution in [0.3, 0.4) is 0 Å². The summed E-state index contributed by atoms with van der Waals surface area (Å²) in [4.78, 5) is 8.57. The van der Waals surface area contributed by atoms with Gasteiger partial charge in [0.2, 0.25) is 0 Å². The van der Waals surface area contributed by atoms with Crippen molar-refractivity contribution in [3.05, 3.63) is 46.9 Å². The van der Waals surface area contributed by atoms with Crippen LogP contribution in [-0.2, 0) is 12.0 Å². The summed E-state index contributed by atoms with van der Waals surface area (Å²) in [5.74, 6) is 0.491. The van der Waals surface area contributed by atoms with Crippen LogP contribution < -0.4 is 5.73 Å². The van der Waals surface area contributed by atoms with E-state index in [-0.39, 0.29) is 5.54 Å². The first-order valence-electron chi connectivity index (χ1n) is 7.81. The van der Waals surface area contributed by atoms with Gasteiger partial charge in [0.05, 0.1) is 16.6 Å². The number of aryl methyl sites for hydroxylation is 2. The predicted molar refractivity (Wildman–Crippen MR) is 93.5 cm³/mol. The van der Waals surface area contributed by atoms with E-state index in [0.29, 0.717) is 5.82 Å². The highest BCUT2D eigenvalue weighted by Crippen LogP contribution is 2.28. The van der Waals surface area contributed by atoms with Gasteiger partial charge in [-0.2, -0.15) is 5.10 Å². The molecule has 0 saturated carbocycles. The summed E-state index contributed by atoms with van der Waals surface area (Å²) in [7, 11) is 0. The molecule has 1 aromatic carbocycles. The number of hydrogen-bond donors (Lipinski definition) is 1. The number of nitrogen functional groups attached to an aromatic ring is 1. The van der Waals surface area contributed by atoms with Crippen molar-refractivity contribution in [2.24, 2.45) is 0 Å². The molecule has 0 bridgehead atoms. The van der Waals surface area contributed by atoms with Crippen molar-refractivity contribution in [1.82, 2.24) is 19.7 Å². The van der Waals surface area contributed by atoms with Crippen LogP contribution in [0.4, 0.5) is 5.82 Å². The van der Waals surface area contributed by atoms with E-state index < -0.39 is 0 Å². The number of nitrogens with zero attached hydrogens (tertiary/aromatic N) is 4. The second kappa shape index (κ2) is 5.33. The van der Waals surface area contributed by atoms with Crippen molar-refractivity contribution in [1.29, 1.82) is 0 Å². The number of benzene rings is 1. The van der Waals surface area contributed by atoms with Gasteiger partial charge in [-0.3, -0.25) is 0 Å². The van der Waals surface area contributed by atoms with Crippen molar-refractivity contribution < 1.29 is 0 Å². The molecule has 0 aliphatic carbocycles. The van der Waals surface area contributed by atoms with E-state index in [1.54, 1.807) is 0 Å². The van der Waals surface area contributed by atoms with Crippen molar-refractivity contribution >= 4 is 16.9 Å². The van der Waals surface area contributed by atoms with Gasteiger partial charge in [-0.1, -0.05) is 29.3 Å². The van der Waals surface area contributed by atoms with Gasteiger partial charge in [0.1, 0.15) is 12.1 Å². The molecular weight excluding hydrogens is 286 g/mol. The first-order valence-corrected chi connectivity index (χ1v) is 7.81. The van der Waals surface area contributed by atoms with E-state index in [2.05, 4.69) is 62.8 Å². The maximum Gasteiger partial charge on any atom is 0.164 e. The molecule has 2 N–H and O–H groups in total. The third kappa shape index (κ3) is 2.91. The molecule has 0 aliphatic heterocycles. The van der Waals surface area contributed by atoms with E-state index in [4.69, 9.17) is 10.8 Å². The highest BCUT2D eigenvalue weighted by Gasteiger charge is 2.23. The second-order valence-corrected chi connectivity index (χ2v) is 7.16. The second-order valence-electron chi connectivity index (χ2n) is 7.16. The number of nitrogens with two attached hydrogens (primary N) is 1. The Balaban J connectivity index is 2.17. The lowest BCUT2D eigenvalue weighted by Gasteiger charge is -2.19. The van der Waals surface area contributed by atoms with Crippen LogP contribution in [-0.4, -0.2) is 19.7 Å². The molecule has 5 heteroatoms. The van der Waals surface area contributed by atoms with E-state index in [1.807, 2.05) is 4.68 Å². The normalized spacial score (nSPS) is 12.0. The monoisotopic (exact) mass is 309 g/mol. The molecule has 2 aromatic heterocycles. The maximum atomic E-state index is 6.12. The lowest BCUT2D eigenvalue weighted by Crippen LogP contribution is -2.23.